The van der Waals surface area contributed by atoms with E-state index in [1.54, 1.807) is 29.4 Å². The molecule has 0 saturated carbocycles. The van der Waals surface area contributed by atoms with E-state index in [0.717, 1.165) is 35.1 Å². The average molecular weight is 355 g/mol. The van der Waals surface area contributed by atoms with Crippen molar-refractivity contribution < 1.29 is 18.0 Å². The first-order valence-corrected chi connectivity index (χ1v) is 8.51. The zero-order valence-electron chi connectivity index (χ0n) is 12.8. The molecular weight excluding hydrogens is 339 g/mol. The van der Waals surface area contributed by atoms with Gasteiger partial charge in [0.05, 0.1) is 11.4 Å². The van der Waals surface area contributed by atoms with Crippen molar-refractivity contribution in [3.05, 3.63) is 46.2 Å². The SMILES string of the molecule is O=C(Cc1ccncc1)N1CCCC(c2nc(C(F)(F)F)cs2)C1. The number of likely N-dealkylation sites (tertiary alicyclic amines) is 1. The molecule has 0 aromatic carbocycles. The summed E-state index contributed by atoms with van der Waals surface area (Å²) in [4.78, 5) is 21.8. The van der Waals surface area contributed by atoms with Crippen LogP contribution in [0.25, 0.3) is 0 Å². The highest BCUT2D eigenvalue weighted by Crippen LogP contribution is 2.35. The summed E-state index contributed by atoms with van der Waals surface area (Å²) in [5.41, 5.74) is 0.0356. The number of aromatic nitrogens is 2. The lowest BCUT2D eigenvalue weighted by molar-refractivity contribution is -0.141. The van der Waals surface area contributed by atoms with Crippen molar-refractivity contribution in [1.29, 1.82) is 0 Å². The molecule has 0 radical (unpaired) electrons. The Morgan fingerprint density at radius 1 is 1.33 bits per heavy atom. The molecule has 1 atom stereocenters. The lowest BCUT2D eigenvalue weighted by Gasteiger charge is -2.32. The van der Waals surface area contributed by atoms with E-state index in [-0.39, 0.29) is 18.2 Å². The Morgan fingerprint density at radius 2 is 2.08 bits per heavy atom. The fraction of sp³-hybridized carbons (Fsp3) is 0.438. The molecule has 24 heavy (non-hydrogen) atoms. The van der Waals surface area contributed by atoms with Gasteiger partial charge < -0.3 is 4.90 Å². The normalized spacial score (nSPS) is 18.6. The lowest BCUT2D eigenvalue weighted by Crippen LogP contribution is -2.40. The molecule has 8 heteroatoms. The average Bonchev–Trinajstić information content (AvgIpc) is 3.06. The molecular formula is C16H16F3N3OS. The Hall–Kier alpha value is -1.96. The fourth-order valence-corrected chi connectivity index (χ4v) is 3.75. The number of hydrogen-bond acceptors (Lipinski definition) is 4. The maximum Gasteiger partial charge on any atom is 0.434 e. The maximum absolute atomic E-state index is 12.7. The van der Waals surface area contributed by atoms with Gasteiger partial charge in [0.25, 0.3) is 0 Å². The van der Waals surface area contributed by atoms with Crippen LogP contribution in [0.3, 0.4) is 0 Å². The summed E-state index contributed by atoms with van der Waals surface area (Å²) < 4.78 is 38.1. The van der Waals surface area contributed by atoms with E-state index in [0.29, 0.717) is 18.1 Å². The van der Waals surface area contributed by atoms with E-state index in [2.05, 4.69) is 9.97 Å². The van der Waals surface area contributed by atoms with Crippen molar-refractivity contribution >= 4 is 17.2 Å². The summed E-state index contributed by atoms with van der Waals surface area (Å²) in [6.45, 7) is 1.06. The summed E-state index contributed by atoms with van der Waals surface area (Å²) in [5, 5.41) is 1.51. The first-order valence-electron chi connectivity index (χ1n) is 7.63. The van der Waals surface area contributed by atoms with E-state index < -0.39 is 11.9 Å². The van der Waals surface area contributed by atoms with Crippen LogP contribution in [-0.2, 0) is 17.4 Å². The molecule has 1 fully saturated rings. The number of amides is 1. The highest BCUT2D eigenvalue weighted by Gasteiger charge is 2.35. The fourth-order valence-electron chi connectivity index (χ4n) is 2.80. The molecule has 3 heterocycles. The third kappa shape index (κ3) is 3.92. The van der Waals surface area contributed by atoms with E-state index in [9.17, 15) is 18.0 Å². The molecule has 2 aromatic heterocycles. The molecule has 1 aliphatic rings. The molecule has 128 valence electrons. The maximum atomic E-state index is 12.7. The number of pyridine rings is 1. The highest BCUT2D eigenvalue weighted by molar-refractivity contribution is 7.09. The number of thiazole rings is 1. The van der Waals surface area contributed by atoms with Gasteiger partial charge in [-0.3, -0.25) is 9.78 Å². The lowest BCUT2D eigenvalue weighted by atomic mass is 9.98. The van der Waals surface area contributed by atoms with Gasteiger partial charge in [0.1, 0.15) is 0 Å². The zero-order chi connectivity index (χ0) is 17.2. The minimum absolute atomic E-state index is 0.0153. The molecule has 1 aliphatic heterocycles. The molecule has 2 aromatic rings. The number of alkyl halides is 3. The molecule has 1 saturated heterocycles. The van der Waals surface area contributed by atoms with E-state index in [1.165, 1.54) is 0 Å². The summed E-state index contributed by atoms with van der Waals surface area (Å²) in [5.74, 6) is -0.139. The Labute approximate surface area is 141 Å². The van der Waals surface area contributed by atoms with Gasteiger partial charge in [0, 0.05) is 36.8 Å². The minimum Gasteiger partial charge on any atom is -0.342 e. The van der Waals surface area contributed by atoms with Gasteiger partial charge in [-0.15, -0.1) is 11.3 Å². The molecule has 1 amide bonds. The predicted molar refractivity (Wildman–Crippen MR) is 83.6 cm³/mol. The highest BCUT2D eigenvalue weighted by atomic mass is 32.1. The Balaban J connectivity index is 1.66. The molecule has 1 unspecified atom stereocenters. The van der Waals surface area contributed by atoms with Crippen LogP contribution in [0.1, 0.15) is 35.0 Å². The van der Waals surface area contributed by atoms with E-state index in [1.807, 2.05) is 0 Å². The Bertz CT molecular complexity index is 702. The summed E-state index contributed by atoms with van der Waals surface area (Å²) in [6, 6.07) is 3.57. The van der Waals surface area contributed by atoms with Crippen LogP contribution < -0.4 is 0 Å². The van der Waals surface area contributed by atoms with Gasteiger partial charge >= 0.3 is 6.18 Å². The standard InChI is InChI=1S/C16H16F3N3OS/c17-16(18,19)13-10-24-15(21-13)12-2-1-7-22(9-12)14(23)8-11-3-5-20-6-4-11/h3-6,10,12H,1-2,7-9H2. The number of piperidine rings is 1. The summed E-state index contributed by atoms with van der Waals surface area (Å²) in [7, 11) is 0. The van der Waals surface area contributed by atoms with Crippen molar-refractivity contribution in [1.82, 2.24) is 14.9 Å². The van der Waals surface area contributed by atoms with Crippen LogP contribution in [0.2, 0.25) is 0 Å². The topological polar surface area (TPSA) is 46.1 Å². The number of carbonyl (C=O) groups is 1. The number of rotatable bonds is 3. The quantitative estimate of drug-likeness (QED) is 0.846. The van der Waals surface area contributed by atoms with Crippen molar-refractivity contribution in [2.75, 3.05) is 13.1 Å². The van der Waals surface area contributed by atoms with Crippen LogP contribution in [0.4, 0.5) is 13.2 Å². The van der Waals surface area contributed by atoms with Gasteiger partial charge in [0.2, 0.25) is 5.91 Å². The smallest absolute Gasteiger partial charge is 0.342 e. The molecule has 3 rings (SSSR count). The molecule has 4 nitrogen and oxygen atoms in total. The van der Waals surface area contributed by atoms with Gasteiger partial charge in [-0.1, -0.05) is 0 Å². The van der Waals surface area contributed by atoms with Crippen molar-refractivity contribution in [3.63, 3.8) is 0 Å². The molecule has 0 aliphatic carbocycles. The monoisotopic (exact) mass is 355 g/mol. The van der Waals surface area contributed by atoms with Gasteiger partial charge in [-0.05, 0) is 30.5 Å². The minimum atomic E-state index is -4.42. The number of halogens is 3. The van der Waals surface area contributed by atoms with Crippen LogP contribution in [-0.4, -0.2) is 33.9 Å². The number of carbonyl (C=O) groups excluding carboxylic acids is 1. The van der Waals surface area contributed by atoms with Crippen molar-refractivity contribution in [3.8, 4) is 0 Å². The molecule has 0 spiro atoms. The summed E-state index contributed by atoms with van der Waals surface area (Å²) in [6.07, 6.45) is 0.657. The van der Waals surface area contributed by atoms with Crippen LogP contribution >= 0.6 is 11.3 Å². The first-order chi connectivity index (χ1) is 11.4. The third-order valence-electron chi connectivity index (χ3n) is 4.04. The zero-order valence-corrected chi connectivity index (χ0v) is 13.6. The third-order valence-corrected chi connectivity index (χ3v) is 5.05. The Kier molecular flexibility index (Phi) is 4.84. The first kappa shape index (κ1) is 16.9. The van der Waals surface area contributed by atoms with Crippen molar-refractivity contribution in [2.24, 2.45) is 0 Å². The summed E-state index contributed by atoms with van der Waals surface area (Å²) >= 11 is 1.02. The Morgan fingerprint density at radius 3 is 2.75 bits per heavy atom. The number of hydrogen-bond donors (Lipinski definition) is 0. The van der Waals surface area contributed by atoms with Crippen LogP contribution in [0.15, 0.2) is 29.9 Å². The van der Waals surface area contributed by atoms with Crippen LogP contribution in [0.5, 0.6) is 0 Å². The second kappa shape index (κ2) is 6.88. The van der Waals surface area contributed by atoms with E-state index >= 15 is 0 Å². The predicted octanol–water partition coefficient (Wildman–Crippen LogP) is 3.51. The number of nitrogens with zero attached hydrogens (tertiary/aromatic N) is 3. The molecule has 0 N–H and O–H groups in total. The van der Waals surface area contributed by atoms with Gasteiger partial charge in [-0.25, -0.2) is 4.98 Å². The second-order valence-corrected chi connectivity index (χ2v) is 6.67. The van der Waals surface area contributed by atoms with E-state index in [4.69, 9.17) is 0 Å². The molecule has 0 bridgehead atoms. The largest absolute Gasteiger partial charge is 0.434 e. The van der Waals surface area contributed by atoms with Crippen LogP contribution in [0, 0.1) is 0 Å². The van der Waals surface area contributed by atoms with Crippen molar-refractivity contribution in [2.45, 2.75) is 31.4 Å². The van der Waals surface area contributed by atoms with Gasteiger partial charge in [0.15, 0.2) is 5.69 Å². The second-order valence-electron chi connectivity index (χ2n) is 5.78. The van der Waals surface area contributed by atoms with Gasteiger partial charge in [-0.2, -0.15) is 13.2 Å².